The molecule has 1 atom stereocenters. The van der Waals surface area contributed by atoms with Crippen molar-refractivity contribution in [1.29, 1.82) is 0 Å². The summed E-state index contributed by atoms with van der Waals surface area (Å²) >= 11 is 0. The number of aliphatic hydroxyl groups is 1. The SMILES string of the molecule is OC(c1ccc(F)cn1)c1cccc2c1OCCC2. The van der Waals surface area contributed by atoms with Crippen molar-refractivity contribution in [2.75, 3.05) is 6.61 Å². The molecular formula is C15H14FNO2. The van der Waals surface area contributed by atoms with Crippen molar-refractivity contribution in [2.45, 2.75) is 18.9 Å². The highest BCUT2D eigenvalue weighted by Gasteiger charge is 2.21. The Balaban J connectivity index is 1.99. The summed E-state index contributed by atoms with van der Waals surface area (Å²) in [5.74, 6) is 0.328. The zero-order valence-electron chi connectivity index (χ0n) is 10.3. The normalized spacial score (nSPS) is 15.5. The first kappa shape index (κ1) is 12.1. The van der Waals surface area contributed by atoms with Gasteiger partial charge in [-0.1, -0.05) is 18.2 Å². The molecule has 0 bridgehead atoms. The van der Waals surface area contributed by atoms with Crippen LogP contribution in [0, 0.1) is 5.82 Å². The van der Waals surface area contributed by atoms with E-state index in [2.05, 4.69) is 4.98 Å². The molecule has 1 unspecified atom stereocenters. The van der Waals surface area contributed by atoms with Gasteiger partial charge in [-0.2, -0.15) is 0 Å². The third kappa shape index (κ3) is 2.31. The van der Waals surface area contributed by atoms with Gasteiger partial charge in [-0.25, -0.2) is 4.39 Å². The van der Waals surface area contributed by atoms with Gasteiger partial charge < -0.3 is 9.84 Å². The number of fused-ring (bicyclic) bond motifs is 1. The molecule has 0 saturated carbocycles. The standard InChI is InChI=1S/C15H14FNO2/c16-11-6-7-13(17-9-11)14(18)12-5-1-3-10-4-2-8-19-15(10)12/h1,3,5-7,9,14,18H,2,4,8H2. The van der Waals surface area contributed by atoms with Crippen molar-refractivity contribution in [3.8, 4) is 5.75 Å². The highest BCUT2D eigenvalue weighted by molar-refractivity contribution is 5.46. The average molecular weight is 259 g/mol. The summed E-state index contributed by atoms with van der Waals surface area (Å²) in [5, 5.41) is 10.4. The summed E-state index contributed by atoms with van der Waals surface area (Å²) in [6.07, 6.45) is 2.15. The number of hydrogen-bond acceptors (Lipinski definition) is 3. The van der Waals surface area contributed by atoms with Crippen molar-refractivity contribution in [3.63, 3.8) is 0 Å². The number of ether oxygens (including phenoxy) is 1. The molecule has 0 aliphatic carbocycles. The molecule has 1 aromatic carbocycles. The largest absolute Gasteiger partial charge is 0.493 e. The second-order valence-electron chi connectivity index (χ2n) is 4.59. The Morgan fingerprint density at radius 2 is 2.16 bits per heavy atom. The zero-order chi connectivity index (χ0) is 13.2. The van der Waals surface area contributed by atoms with E-state index in [-0.39, 0.29) is 0 Å². The summed E-state index contributed by atoms with van der Waals surface area (Å²) in [5.41, 5.74) is 2.21. The number of rotatable bonds is 2. The van der Waals surface area contributed by atoms with Crippen molar-refractivity contribution in [1.82, 2.24) is 4.98 Å². The fourth-order valence-electron chi connectivity index (χ4n) is 2.34. The van der Waals surface area contributed by atoms with E-state index in [1.54, 1.807) is 0 Å². The molecule has 1 aliphatic rings. The van der Waals surface area contributed by atoms with Crippen LogP contribution in [-0.2, 0) is 6.42 Å². The monoisotopic (exact) mass is 259 g/mol. The van der Waals surface area contributed by atoms with Gasteiger partial charge in [-0.05, 0) is 30.5 Å². The molecule has 2 heterocycles. The maximum atomic E-state index is 12.9. The van der Waals surface area contributed by atoms with Gasteiger partial charge in [0.05, 0.1) is 18.5 Å². The summed E-state index contributed by atoms with van der Waals surface area (Å²) in [6.45, 7) is 0.660. The Kier molecular flexibility index (Phi) is 3.17. The van der Waals surface area contributed by atoms with E-state index in [0.717, 1.165) is 30.4 Å². The van der Waals surface area contributed by atoms with E-state index < -0.39 is 11.9 Å². The fraction of sp³-hybridized carbons (Fsp3) is 0.267. The van der Waals surface area contributed by atoms with Crippen LogP contribution in [-0.4, -0.2) is 16.7 Å². The van der Waals surface area contributed by atoms with Gasteiger partial charge >= 0.3 is 0 Å². The van der Waals surface area contributed by atoms with Crippen molar-refractivity contribution in [3.05, 3.63) is 59.2 Å². The predicted molar refractivity (Wildman–Crippen MR) is 68.5 cm³/mol. The maximum Gasteiger partial charge on any atom is 0.141 e. The Hall–Kier alpha value is -1.94. The number of para-hydroxylation sites is 1. The second-order valence-corrected chi connectivity index (χ2v) is 4.59. The zero-order valence-corrected chi connectivity index (χ0v) is 10.3. The number of hydrogen-bond donors (Lipinski definition) is 1. The van der Waals surface area contributed by atoms with Gasteiger partial charge in [-0.3, -0.25) is 4.98 Å². The highest BCUT2D eigenvalue weighted by atomic mass is 19.1. The van der Waals surface area contributed by atoms with E-state index in [9.17, 15) is 9.50 Å². The molecular weight excluding hydrogens is 245 g/mol. The minimum atomic E-state index is -0.895. The number of pyridine rings is 1. The molecule has 4 heteroatoms. The van der Waals surface area contributed by atoms with Crippen LogP contribution in [0.25, 0.3) is 0 Å². The predicted octanol–water partition coefficient (Wildman–Crippen LogP) is 2.63. The molecule has 0 fully saturated rings. The summed E-state index contributed by atoms with van der Waals surface area (Å²) < 4.78 is 18.5. The maximum absolute atomic E-state index is 12.9. The van der Waals surface area contributed by atoms with E-state index in [1.165, 1.54) is 12.1 Å². The van der Waals surface area contributed by atoms with Crippen LogP contribution in [0.4, 0.5) is 4.39 Å². The first-order chi connectivity index (χ1) is 9.25. The van der Waals surface area contributed by atoms with Crippen LogP contribution in [0.5, 0.6) is 5.75 Å². The van der Waals surface area contributed by atoms with Crippen LogP contribution >= 0.6 is 0 Å². The van der Waals surface area contributed by atoms with Crippen LogP contribution in [0.3, 0.4) is 0 Å². The summed E-state index contributed by atoms with van der Waals surface area (Å²) in [7, 11) is 0. The van der Waals surface area contributed by atoms with E-state index in [1.807, 2.05) is 18.2 Å². The van der Waals surface area contributed by atoms with Gasteiger partial charge in [0.1, 0.15) is 17.7 Å². The average Bonchev–Trinajstić information content (AvgIpc) is 2.47. The van der Waals surface area contributed by atoms with Crippen molar-refractivity contribution >= 4 is 0 Å². The van der Waals surface area contributed by atoms with Crippen molar-refractivity contribution in [2.24, 2.45) is 0 Å². The number of benzene rings is 1. The van der Waals surface area contributed by atoms with Gasteiger partial charge in [-0.15, -0.1) is 0 Å². The lowest BCUT2D eigenvalue weighted by molar-refractivity contribution is 0.202. The van der Waals surface area contributed by atoms with Crippen LogP contribution in [0.1, 0.15) is 29.3 Å². The number of aromatic nitrogens is 1. The summed E-state index contributed by atoms with van der Waals surface area (Å²) in [4.78, 5) is 3.92. The topological polar surface area (TPSA) is 42.4 Å². The van der Waals surface area contributed by atoms with Gasteiger partial charge in [0.25, 0.3) is 0 Å². The molecule has 3 nitrogen and oxygen atoms in total. The molecule has 3 rings (SSSR count). The number of aliphatic hydroxyl groups excluding tert-OH is 1. The molecule has 0 saturated heterocycles. The quantitative estimate of drug-likeness (QED) is 0.901. The summed E-state index contributed by atoms with van der Waals surface area (Å²) in [6, 6.07) is 8.50. The van der Waals surface area contributed by atoms with Crippen LogP contribution in [0.2, 0.25) is 0 Å². The molecule has 0 amide bonds. The number of nitrogens with zero attached hydrogens (tertiary/aromatic N) is 1. The smallest absolute Gasteiger partial charge is 0.141 e. The molecule has 98 valence electrons. The highest BCUT2D eigenvalue weighted by Crippen LogP contribution is 2.34. The molecule has 1 N–H and O–H groups in total. The number of halogens is 1. The molecule has 1 aromatic heterocycles. The van der Waals surface area contributed by atoms with Gasteiger partial charge in [0, 0.05) is 5.56 Å². The third-order valence-electron chi connectivity index (χ3n) is 3.29. The van der Waals surface area contributed by atoms with Gasteiger partial charge in [0.15, 0.2) is 0 Å². The van der Waals surface area contributed by atoms with Crippen LogP contribution in [0.15, 0.2) is 36.5 Å². The Bertz CT molecular complexity index is 583. The van der Waals surface area contributed by atoms with Crippen LogP contribution < -0.4 is 4.74 Å². The first-order valence-electron chi connectivity index (χ1n) is 6.30. The Labute approximate surface area is 110 Å². The van der Waals surface area contributed by atoms with Crippen molar-refractivity contribution < 1.29 is 14.2 Å². The Morgan fingerprint density at radius 3 is 2.95 bits per heavy atom. The Morgan fingerprint density at radius 1 is 1.26 bits per heavy atom. The molecule has 0 radical (unpaired) electrons. The fourth-order valence-corrected chi connectivity index (χ4v) is 2.34. The number of aryl methyl sites for hydroxylation is 1. The molecule has 19 heavy (non-hydrogen) atoms. The van der Waals surface area contributed by atoms with Gasteiger partial charge in [0.2, 0.25) is 0 Å². The molecule has 1 aliphatic heterocycles. The van der Waals surface area contributed by atoms with E-state index >= 15 is 0 Å². The molecule has 2 aromatic rings. The minimum Gasteiger partial charge on any atom is -0.493 e. The van der Waals surface area contributed by atoms with E-state index in [0.29, 0.717) is 17.9 Å². The minimum absolute atomic E-state index is 0.415. The first-order valence-corrected chi connectivity index (χ1v) is 6.30. The third-order valence-corrected chi connectivity index (χ3v) is 3.29. The lowest BCUT2D eigenvalue weighted by atomic mass is 9.98. The lowest BCUT2D eigenvalue weighted by Crippen LogP contribution is -2.13. The van der Waals surface area contributed by atoms with E-state index in [4.69, 9.17) is 4.74 Å². The second kappa shape index (κ2) is 4.97. The molecule has 0 spiro atoms. The lowest BCUT2D eigenvalue weighted by Gasteiger charge is -2.22.